The molecular formula is C17H34N2. The van der Waals surface area contributed by atoms with Gasteiger partial charge in [-0.1, -0.05) is 33.1 Å². The Morgan fingerprint density at radius 1 is 1.26 bits per heavy atom. The summed E-state index contributed by atoms with van der Waals surface area (Å²) in [5.41, 5.74) is 0.297. The molecule has 1 N–H and O–H groups in total. The Kier molecular flexibility index (Phi) is 5.30. The monoisotopic (exact) mass is 266 g/mol. The van der Waals surface area contributed by atoms with Crippen LogP contribution in [0.25, 0.3) is 0 Å². The normalized spacial score (nSPS) is 36.3. The number of hydrogen-bond acceptors (Lipinski definition) is 2. The summed E-state index contributed by atoms with van der Waals surface area (Å²) in [6, 6.07) is 0.758. The molecule has 3 unspecified atom stereocenters. The lowest BCUT2D eigenvalue weighted by molar-refractivity contribution is 0.0824. The molecule has 19 heavy (non-hydrogen) atoms. The second-order valence-electron chi connectivity index (χ2n) is 7.72. The van der Waals surface area contributed by atoms with Crippen LogP contribution in [0.2, 0.25) is 0 Å². The zero-order chi connectivity index (χ0) is 13.9. The Labute approximate surface area is 120 Å². The SMILES string of the molecule is CCC1CNC(C)(C)CN1CCC1CCCC(C)C1. The molecule has 1 saturated carbocycles. The summed E-state index contributed by atoms with van der Waals surface area (Å²) >= 11 is 0. The van der Waals surface area contributed by atoms with E-state index in [1.807, 2.05) is 0 Å². The molecule has 3 atom stereocenters. The van der Waals surface area contributed by atoms with Crippen LogP contribution in [0.15, 0.2) is 0 Å². The van der Waals surface area contributed by atoms with Crippen molar-refractivity contribution in [2.75, 3.05) is 19.6 Å². The first-order valence-electron chi connectivity index (χ1n) is 8.49. The van der Waals surface area contributed by atoms with Crippen molar-refractivity contribution in [2.24, 2.45) is 11.8 Å². The number of rotatable bonds is 4. The van der Waals surface area contributed by atoms with Gasteiger partial charge in [-0.25, -0.2) is 0 Å². The molecule has 0 aromatic heterocycles. The average molecular weight is 266 g/mol. The molecule has 2 heteroatoms. The van der Waals surface area contributed by atoms with Crippen molar-refractivity contribution in [3.8, 4) is 0 Å². The summed E-state index contributed by atoms with van der Waals surface area (Å²) in [6.07, 6.45) is 8.61. The Morgan fingerprint density at radius 2 is 2.05 bits per heavy atom. The van der Waals surface area contributed by atoms with E-state index in [1.165, 1.54) is 58.2 Å². The number of nitrogens with zero attached hydrogens (tertiary/aromatic N) is 1. The molecule has 0 bridgehead atoms. The lowest BCUT2D eigenvalue weighted by atomic mass is 9.80. The Bertz CT molecular complexity index is 274. The van der Waals surface area contributed by atoms with Gasteiger partial charge in [0.05, 0.1) is 0 Å². The van der Waals surface area contributed by atoms with Gasteiger partial charge in [-0.2, -0.15) is 0 Å². The molecule has 0 aromatic rings. The van der Waals surface area contributed by atoms with Crippen LogP contribution in [0.4, 0.5) is 0 Å². The first kappa shape index (κ1) is 15.3. The molecule has 0 radical (unpaired) electrons. The van der Waals surface area contributed by atoms with Gasteiger partial charge in [-0.3, -0.25) is 4.90 Å². The molecule has 1 heterocycles. The summed E-state index contributed by atoms with van der Waals surface area (Å²) in [5, 5.41) is 3.69. The number of hydrogen-bond donors (Lipinski definition) is 1. The van der Waals surface area contributed by atoms with Crippen molar-refractivity contribution in [3.05, 3.63) is 0 Å². The molecule has 2 nitrogen and oxygen atoms in total. The molecule has 1 aliphatic carbocycles. The van der Waals surface area contributed by atoms with E-state index in [0.29, 0.717) is 5.54 Å². The highest BCUT2D eigenvalue weighted by atomic mass is 15.2. The third-order valence-corrected chi connectivity index (χ3v) is 5.27. The molecule has 1 aliphatic heterocycles. The van der Waals surface area contributed by atoms with Crippen molar-refractivity contribution in [2.45, 2.75) is 77.8 Å². The van der Waals surface area contributed by atoms with E-state index in [-0.39, 0.29) is 0 Å². The first-order valence-corrected chi connectivity index (χ1v) is 8.49. The van der Waals surface area contributed by atoms with Crippen LogP contribution >= 0.6 is 0 Å². The van der Waals surface area contributed by atoms with Crippen molar-refractivity contribution in [3.63, 3.8) is 0 Å². The third-order valence-electron chi connectivity index (χ3n) is 5.27. The molecular weight excluding hydrogens is 232 g/mol. The van der Waals surface area contributed by atoms with Crippen LogP contribution in [0.3, 0.4) is 0 Å². The van der Waals surface area contributed by atoms with Gasteiger partial charge in [0, 0.05) is 24.7 Å². The molecule has 0 spiro atoms. The van der Waals surface area contributed by atoms with E-state index in [9.17, 15) is 0 Å². The predicted molar refractivity (Wildman–Crippen MR) is 83.5 cm³/mol. The minimum absolute atomic E-state index is 0.297. The van der Waals surface area contributed by atoms with Gasteiger partial charge < -0.3 is 5.32 Å². The second kappa shape index (κ2) is 6.58. The fourth-order valence-corrected chi connectivity index (χ4v) is 4.05. The van der Waals surface area contributed by atoms with Gasteiger partial charge in [-0.05, 0) is 51.5 Å². The number of nitrogens with one attached hydrogen (secondary N) is 1. The summed E-state index contributed by atoms with van der Waals surface area (Å²) in [7, 11) is 0. The van der Waals surface area contributed by atoms with Crippen LogP contribution in [0.5, 0.6) is 0 Å². The van der Waals surface area contributed by atoms with Gasteiger partial charge in [0.1, 0.15) is 0 Å². The average Bonchev–Trinajstić information content (AvgIpc) is 2.36. The topological polar surface area (TPSA) is 15.3 Å². The van der Waals surface area contributed by atoms with E-state index < -0.39 is 0 Å². The van der Waals surface area contributed by atoms with Crippen LogP contribution in [-0.4, -0.2) is 36.1 Å². The highest BCUT2D eigenvalue weighted by molar-refractivity contribution is 4.92. The predicted octanol–water partition coefficient (Wildman–Crippen LogP) is 3.67. The summed E-state index contributed by atoms with van der Waals surface area (Å²) < 4.78 is 0. The maximum absolute atomic E-state index is 3.69. The number of piperazine rings is 1. The highest BCUT2D eigenvalue weighted by Gasteiger charge is 2.31. The van der Waals surface area contributed by atoms with Crippen molar-refractivity contribution in [1.29, 1.82) is 0 Å². The first-order chi connectivity index (χ1) is 9.00. The molecule has 0 amide bonds. The maximum Gasteiger partial charge on any atom is 0.0252 e. The van der Waals surface area contributed by atoms with Crippen LogP contribution in [-0.2, 0) is 0 Å². The van der Waals surface area contributed by atoms with Crippen LogP contribution in [0.1, 0.15) is 66.2 Å². The van der Waals surface area contributed by atoms with E-state index >= 15 is 0 Å². The van der Waals surface area contributed by atoms with Crippen LogP contribution in [0, 0.1) is 11.8 Å². The van der Waals surface area contributed by atoms with E-state index in [4.69, 9.17) is 0 Å². The smallest absolute Gasteiger partial charge is 0.0252 e. The molecule has 1 saturated heterocycles. The fraction of sp³-hybridized carbons (Fsp3) is 1.00. The largest absolute Gasteiger partial charge is 0.309 e. The molecule has 2 aliphatic rings. The summed E-state index contributed by atoms with van der Waals surface area (Å²) in [5.74, 6) is 1.97. The minimum Gasteiger partial charge on any atom is -0.309 e. The highest BCUT2D eigenvalue weighted by Crippen LogP contribution is 2.31. The van der Waals surface area contributed by atoms with Gasteiger partial charge in [0.25, 0.3) is 0 Å². The Morgan fingerprint density at radius 3 is 2.74 bits per heavy atom. The lowest BCUT2D eigenvalue weighted by Gasteiger charge is -2.45. The molecule has 0 aromatic carbocycles. The van der Waals surface area contributed by atoms with Crippen molar-refractivity contribution in [1.82, 2.24) is 10.2 Å². The Balaban J connectivity index is 1.82. The summed E-state index contributed by atoms with van der Waals surface area (Å²) in [4.78, 5) is 2.76. The van der Waals surface area contributed by atoms with Gasteiger partial charge >= 0.3 is 0 Å². The van der Waals surface area contributed by atoms with Gasteiger partial charge in [0.2, 0.25) is 0 Å². The quantitative estimate of drug-likeness (QED) is 0.835. The second-order valence-corrected chi connectivity index (χ2v) is 7.72. The fourth-order valence-electron chi connectivity index (χ4n) is 4.05. The summed E-state index contributed by atoms with van der Waals surface area (Å²) in [6.45, 7) is 13.2. The van der Waals surface area contributed by atoms with E-state index in [2.05, 4.69) is 37.9 Å². The zero-order valence-corrected chi connectivity index (χ0v) is 13.5. The van der Waals surface area contributed by atoms with E-state index in [0.717, 1.165) is 17.9 Å². The standard InChI is InChI=1S/C17H34N2/c1-5-16-12-18-17(3,4)13-19(16)10-9-15-8-6-7-14(2)11-15/h14-16,18H,5-13H2,1-4H3. The zero-order valence-electron chi connectivity index (χ0n) is 13.5. The maximum atomic E-state index is 3.69. The minimum atomic E-state index is 0.297. The van der Waals surface area contributed by atoms with Crippen molar-refractivity contribution >= 4 is 0 Å². The van der Waals surface area contributed by atoms with Gasteiger partial charge in [-0.15, -0.1) is 0 Å². The Hall–Kier alpha value is -0.0800. The third kappa shape index (κ3) is 4.46. The van der Waals surface area contributed by atoms with Gasteiger partial charge in [0.15, 0.2) is 0 Å². The van der Waals surface area contributed by atoms with E-state index in [1.54, 1.807) is 0 Å². The molecule has 2 fully saturated rings. The molecule has 112 valence electrons. The lowest BCUT2D eigenvalue weighted by Crippen LogP contribution is -2.61. The van der Waals surface area contributed by atoms with Crippen LogP contribution < -0.4 is 5.32 Å². The van der Waals surface area contributed by atoms with Crippen molar-refractivity contribution < 1.29 is 0 Å². The molecule has 2 rings (SSSR count).